The number of non-ortho nitro benzene ring substituents is 1. The minimum absolute atomic E-state index is 0.134. The molecule has 1 aromatic carbocycles. The van der Waals surface area contributed by atoms with E-state index in [1.165, 1.54) is 41.9 Å². The van der Waals surface area contributed by atoms with Crippen LogP contribution in [0.2, 0.25) is 0 Å². The van der Waals surface area contributed by atoms with Gasteiger partial charge in [-0.1, -0.05) is 19.1 Å². The van der Waals surface area contributed by atoms with E-state index in [1.54, 1.807) is 0 Å². The van der Waals surface area contributed by atoms with E-state index in [9.17, 15) is 29.6 Å². The predicted molar refractivity (Wildman–Crippen MR) is 103 cm³/mol. The van der Waals surface area contributed by atoms with Crippen LogP contribution in [0, 0.1) is 10.1 Å². The monoisotopic (exact) mass is 401 g/mol. The van der Waals surface area contributed by atoms with Crippen LogP contribution in [0.3, 0.4) is 0 Å². The number of benzene rings is 1. The van der Waals surface area contributed by atoms with Gasteiger partial charge in [0.25, 0.3) is 11.2 Å². The number of allylic oxidation sites excluding steroid dienone is 1. The number of aromatic nitrogens is 2. The lowest BCUT2D eigenvalue weighted by Crippen LogP contribution is -2.42. The largest absolute Gasteiger partial charge is 0.478 e. The Morgan fingerprint density at radius 3 is 2.69 bits per heavy atom. The van der Waals surface area contributed by atoms with E-state index in [0.717, 1.165) is 4.68 Å². The second-order valence-corrected chi connectivity index (χ2v) is 6.48. The van der Waals surface area contributed by atoms with Gasteiger partial charge < -0.3 is 15.7 Å². The van der Waals surface area contributed by atoms with Crippen molar-refractivity contribution in [3.63, 3.8) is 0 Å². The Hall–Kier alpha value is -3.89. The summed E-state index contributed by atoms with van der Waals surface area (Å²) in [6.45, 7) is 3.69. The van der Waals surface area contributed by atoms with E-state index in [0.29, 0.717) is 13.0 Å². The molecular formula is C18H19N5O6. The van der Waals surface area contributed by atoms with Crippen molar-refractivity contribution in [2.75, 3.05) is 11.9 Å². The summed E-state index contributed by atoms with van der Waals surface area (Å²) in [5.74, 6) is -1.07. The molecule has 1 unspecified atom stereocenters. The number of nitro groups is 1. The second kappa shape index (κ2) is 7.62. The van der Waals surface area contributed by atoms with E-state index < -0.39 is 28.5 Å². The van der Waals surface area contributed by atoms with Crippen molar-refractivity contribution in [3.8, 4) is 0 Å². The molecule has 1 aliphatic heterocycles. The van der Waals surface area contributed by atoms with E-state index in [2.05, 4.69) is 10.6 Å². The molecule has 1 aliphatic rings. The zero-order chi connectivity index (χ0) is 21.3. The molecule has 1 aromatic heterocycles. The maximum Gasteiger partial charge on any atom is 0.343 e. The molecule has 11 nitrogen and oxygen atoms in total. The Bertz CT molecular complexity index is 1100. The van der Waals surface area contributed by atoms with Crippen molar-refractivity contribution in [1.29, 1.82) is 0 Å². The summed E-state index contributed by atoms with van der Waals surface area (Å²) in [6.07, 6.45) is 0.639. The van der Waals surface area contributed by atoms with E-state index in [-0.39, 0.29) is 28.3 Å². The van der Waals surface area contributed by atoms with Crippen LogP contribution >= 0.6 is 0 Å². The van der Waals surface area contributed by atoms with Crippen LogP contribution in [-0.2, 0) is 4.79 Å². The number of rotatable bonds is 5. The van der Waals surface area contributed by atoms with Gasteiger partial charge in [-0.15, -0.1) is 0 Å². The van der Waals surface area contributed by atoms with Gasteiger partial charge in [-0.2, -0.15) is 4.68 Å². The van der Waals surface area contributed by atoms with Crippen molar-refractivity contribution < 1.29 is 19.6 Å². The molecule has 2 heterocycles. The summed E-state index contributed by atoms with van der Waals surface area (Å²) in [5, 5.41) is 26.4. The minimum atomic E-state index is -1.28. The van der Waals surface area contributed by atoms with Gasteiger partial charge in [0.2, 0.25) is 0 Å². The minimum Gasteiger partial charge on any atom is -0.478 e. The standard InChI is InChI=1S/C18H19N5O6/c1-3-7-19-18(27)22-14(24)9-13-20-10(2)15(17(25)26)16(21(13)22)11-5-4-6-12(8-11)23(28)29/h4-6,8-9,16,20H,3,7H2,1-2H3,(H,19,27)(H,25,26). The number of fused-ring (bicyclic) bond motifs is 1. The third-order valence-electron chi connectivity index (χ3n) is 4.51. The molecule has 3 rings (SSSR count). The summed E-state index contributed by atoms with van der Waals surface area (Å²) in [5.41, 5.74) is -0.505. The van der Waals surface area contributed by atoms with Crippen LogP contribution in [0.1, 0.15) is 31.9 Å². The van der Waals surface area contributed by atoms with Gasteiger partial charge in [0, 0.05) is 30.4 Å². The molecular weight excluding hydrogens is 382 g/mol. The van der Waals surface area contributed by atoms with Gasteiger partial charge in [-0.3, -0.25) is 14.9 Å². The quantitative estimate of drug-likeness (QED) is 0.512. The highest BCUT2D eigenvalue weighted by atomic mass is 16.6. The fourth-order valence-corrected chi connectivity index (χ4v) is 3.29. The Labute approximate surface area is 164 Å². The number of nitrogens with zero attached hydrogens (tertiary/aromatic N) is 3. The van der Waals surface area contributed by atoms with Crippen LogP contribution in [-0.4, -0.2) is 37.9 Å². The maximum atomic E-state index is 12.6. The zero-order valence-electron chi connectivity index (χ0n) is 15.7. The smallest absolute Gasteiger partial charge is 0.343 e. The average molecular weight is 401 g/mol. The zero-order valence-corrected chi connectivity index (χ0v) is 15.7. The summed E-state index contributed by atoms with van der Waals surface area (Å²) in [6, 6.07) is 4.78. The summed E-state index contributed by atoms with van der Waals surface area (Å²) < 4.78 is 2.01. The van der Waals surface area contributed by atoms with Gasteiger partial charge in [0.1, 0.15) is 11.9 Å². The maximum absolute atomic E-state index is 12.6. The van der Waals surface area contributed by atoms with E-state index >= 15 is 0 Å². The summed E-state index contributed by atoms with van der Waals surface area (Å²) in [4.78, 5) is 47.7. The number of carboxylic acids is 1. The van der Waals surface area contributed by atoms with Gasteiger partial charge in [-0.05, 0) is 18.9 Å². The fourth-order valence-electron chi connectivity index (χ4n) is 3.29. The van der Waals surface area contributed by atoms with Crippen molar-refractivity contribution in [2.24, 2.45) is 0 Å². The first-order valence-corrected chi connectivity index (χ1v) is 8.84. The van der Waals surface area contributed by atoms with Gasteiger partial charge in [0.05, 0.1) is 10.5 Å². The molecule has 2 aromatic rings. The highest BCUT2D eigenvalue weighted by Crippen LogP contribution is 2.36. The van der Waals surface area contributed by atoms with Crippen molar-refractivity contribution >= 4 is 23.5 Å². The Kier molecular flexibility index (Phi) is 5.22. The number of aliphatic carboxylic acids is 1. The SMILES string of the molecule is CCCNC(=O)n1c(=O)cc2n1C(c1cccc([N+](=O)[O-])c1)C(C(=O)O)=C(C)N2. The lowest BCUT2D eigenvalue weighted by molar-refractivity contribution is -0.384. The molecule has 0 aliphatic carbocycles. The lowest BCUT2D eigenvalue weighted by Gasteiger charge is -2.30. The molecule has 0 fully saturated rings. The number of amides is 1. The molecule has 3 N–H and O–H groups in total. The number of nitro benzene ring substituents is 1. The van der Waals surface area contributed by atoms with Crippen LogP contribution in [0.25, 0.3) is 0 Å². The summed E-state index contributed by atoms with van der Waals surface area (Å²) in [7, 11) is 0. The summed E-state index contributed by atoms with van der Waals surface area (Å²) >= 11 is 0. The molecule has 1 atom stereocenters. The van der Waals surface area contributed by atoms with Crippen LogP contribution < -0.4 is 16.2 Å². The van der Waals surface area contributed by atoms with Crippen molar-refractivity contribution in [1.82, 2.24) is 14.7 Å². The number of anilines is 1. The second-order valence-electron chi connectivity index (χ2n) is 6.48. The topological polar surface area (TPSA) is 148 Å². The number of hydrogen-bond donors (Lipinski definition) is 3. The van der Waals surface area contributed by atoms with Gasteiger partial charge in [-0.25, -0.2) is 14.3 Å². The average Bonchev–Trinajstić information content (AvgIpc) is 2.99. The van der Waals surface area contributed by atoms with Crippen LogP contribution in [0.5, 0.6) is 0 Å². The van der Waals surface area contributed by atoms with Crippen LogP contribution in [0.4, 0.5) is 16.3 Å². The van der Waals surface area contributed by atoms with Gasteiger partial charge >= 0.3 is 12.0 Å². The van der Waals surface area contributed by atoms with E-state index in [4.69, 9.17) is 0 Å². The van der Waals surface area contributed by atoms with Crippen LogP contribution in [0.15, 0.2) is 46.4 Å². The number of hydrogen-bond acceptors (Lipinski definition) is 6. The molecule has 152 valence electrons. The molecule has 0 bridgehead atoms. The fraction of sp³-hybridized carbons (Fsp3) is 0.278. The molecule has 0 saturated carbocycles. The van der Waals surface area contributed by atoms with Gasteiger partial charge in [0.15, 0.2) is 0 Å². The number of carboxylic acid groups (broad SMARTS) is 1. The molecule has 0 saturated heterocycles. The number of carbonyl (C=O) groups excluding carboxylic acids is 1. The molecule has 11 heteroatoms. The molecule has 0 spiro atoms. The Morgan fingerprint density at radius 1 is 1.34 bits per heavy atom. The Balaban J connectivity index is 2.27. The highest BCUT2D eigenvalue weighted by Gasteiger charge is 2.36. The molecule has 29 heavy (non-hydrogen) atoms. The Morgan fingerprint density at radius 2 is 2.07 bits per heavy atom. The molecule has 1 amide bonds. The first kappa shape index (κ1) is 19.9. The van der Waals surface area contributed by atoms with Crippen molar-refractivity contribution in [2.45, 2.75) is 26.3 Å². The third kappa shape index (κ3) is 3.49. The molecule has 0 radical (unpaired) electrons. The first-order valence-electron chi connectivity index (χ1n) is 8.84. The van der Waals surface area contributed by atoms with E-state index in [1.807, 2.05) is 6.92 Å². The van der Waals surface area contributed by atoms with Crippen molar-refractivity contribution in [3.05, 3.63) is 67.6 Å². The first-order chi connectivity index (χ1) is 13.8. The third-order valence-corrected chi connectivity index (χ3v) is 4.51. The normalized spacial score (nSPS) is 15.4. The number of nitrogens with one attached hydrogen (secondary N) is 2. The number of carbonyl (C=O) groups is 2. The predicted octanol–water partition coefficient (Wildman–Crippen LogP) is 1.90. The lowest BCUT2D eigenvalue weighted by atomic mass is 9.95. The highest BCUT2D eigenvalue weighted by molar-refractivity contribution is 5.91.